The molecule has 5 heterocycles. The first-order valence-corrected chi connectivity index (χ1v) is 11.5. The van der Waals surface area contributed by atoms with E-state index in [-0.39, 0.29) is 11.3 Å². The van der Waals surface area contributed by atoms with E-state index in [2.05, 4.69) is 30.9 Å². The highest BCUT2D eigenvalue weighted by Gasteiger charge is 2.49. The molecule has 34 heavy (non-hydrogen) atoms. The molecular weight excluding hydrogens is 432 g/mol. The molecule has 0 aliphatic carbocycles. The number of amides is 1. The second kappa shape index (κ2) is 8.11. The Bertz CT molecular complexity index is 1230. The summed E-state index contributed by atoms with van der Waals surface area (Å²) in [4.78, 5) is 35.4. The van der Waals surface area contributed by atoms with Crippen molar-refractivity contribution in [3.8, 4) is 11.4 Å². The largest absolute Gasteiger partial charge is 0.379 e. The van der Waals surface area contributed by atoms with Crippen LogP contribution in [0.2, 0.25) is 0 Å². The van der Waals surface area contributed by atoms with Gasteiger partial charge in [0.05, 0.1) is 37.4 Å². The van der Waals surface area contributed by atoms with Gasteiger partial charge in [-0.25, -0.2) is 19.9 Å². The van der Waals surface area contributed by atoms with E-state index in [4.69, 9.17) is 9.47 Å². The van der Waals surface area contributed by atoms with Crippen LogP contribution in [0.4, 0.5) is 11.6 Å². The Labute approximate surface area is 197 Å². The lowest BCUT2D eigenvalue weighted by Gasteiger charge is -2.38. The summed E-state index contributed by atoms with van der Waals surface area (Å²) in [6.07, 6.45) is 3.53. The van der Waals surface area contributed by atoms with Gasteiger partial charge in [-0.15, -0.1) is 0 Å². The minimum atomic E-state index is -0.0886. The number of benzene rings is 1. The van der Waals surface area contributed by atoms with E-state index in [0.717, 1.165) is 29.2 Å². The molecule has 6 rings (SSSR count). The highest BCUT2D eigenvalue weighted by molar-refractivity contribution is 5.96. The van der Waals surface area contributed by atoms with Crippen LogP contribution >= 0.6 is 0 Å². The number of carbonyl (C=O) groups excluding carboxylic acids is 1. The zero-order valence-corrected chi connectivity index (χ0v) is 19.3. The van der Waals surface area contributed by atoms with E-state index in [1.807, 2.05) is 36.9 Å². The highest BCUT2D eigenvalue weighted by atomic mass is 16.5. The molecule has 174 valence electrons. The first-order valence-electron chi connectivity index (χ1n) is 11.5. The molecule has 9 nitrogen and oxygen atoms in total. The zero-order chi connectivity index (χ0) is 23.3. The zero-order valence-electron chi connectivity index (χ0n) is 19.3. The summed E-state index contributed by atoms with van der Waals surface area (Å²) in [5, 5.41) is 0. The van der Waals surface area contributed by atoms with E-state index in [1.165, 1.54) is 5.56 Å². The maximum Gasteiger partial charge on any atom is 0.254 e. The van der Waals surface area contributed by atoms with Crippen LogP contribution in [0.3, 0.4) is 0 Å². The van der Waals surface area contributed by atoms with Crippen LogP contribution in [0.1, 0.15) is 27.3 Å². The molecule has 2 fully saturated rings. The summed E-state index contributed by atoms with van der Waals surface area (Å²) < 4.78 is 11.0. The van der Waals surface area contributed by atoms with Gasteiger partial charge in [-0.1, -0.05) is 6.07 Å². The van der Waals surface area contributed by atoms with Gasteiger partial charge in [-0.3, -0.25) is 4.79 Å². The van der Waals surface area contributed by atoms with Crippen molar-refractivity contribution in [3.63, 3.8) is 0 Å². The Morgan fingerprint density at radius 3 is 2.32 bits per heavy atom. The molecule has 3 aliphatic rings. The molecule has 3 aromatic rings. The quantitative estimate of drug-likeness (QED) is 0.591. The fourth-order valence-electron chi connectivity index (χ4n) is 4.96. The number of nitrogens with zero attached hydrogens (tertiary/aromatic N) is 6. The Hall–Kier alpha value is -3.43. The Kier molecular flexibility index (Phi) is 5.04. The van der Waals surface area contributed by atoms with Crippen LogP contribution in [-0.2, 0) is 14.9 Å². The van der Waals surface area contributed by atoms with Crippen LogP contribution in [0.15, 0.2) is 36.7 Å². The summed E-state index contributed by atoms with van der Waals surface area (Å²) in [5.41, 5.74) is 5.32. The van der Waals surface area contributed by atoms with E-state index in [0.29, 0.717) is 56.9 Å². The first-order chi connectivity index (χ1) is 16.5. The number of morpholine rings is 1. The molecule has 0 saturated carbocycles. The van der Waals surface area contributed by atoms with Gasteiger partial charge in [0.25, 0.3) is 5.91 Å². The van der Waals surface area contributed by atoms with E-state index in [9.17, 15) is 4.79 Å². The predicted molar refractivity (Wildman–Crippen MR) is 125 cm³/mol. The van der Waals surface area contributed by atoms with Crippen molar-refractivity contribution >= 4 is 17.5 Å². The summed E-state index contributed by atoms with van der Waals surface area (Å²) in [7, 11) is 0. The third-order valence-electron chi connectivity index (χ3n) is 6.74. The number of anilines is 2. The average molecular weight is 459 g/mol. The second-order valence-corrected chi connectivity index (χ2v) is 9.24. The third-order valence-corrected chi connectivity index (χ3v) is 6.74. The van der Waals surface area contributed by atoms with Crippen molar-refractivity contribution in [2.45, 2.75) is 19.3 Å². The van der Waals surface area contributed by atoms with Crippen LogP contribution in [-0.4, -0.2) is 76.8 Å². The molecule has 2 saturated heterocycles. The number of fused-ring (bicyclic) bond motifs is 2. The van der Waals surface area contributed by atoms with Gasteiger partial charge in [0.1, 0.15) is 0 Å². The molecule has 0 atom stereocenters. The van der Waals surface area contributed by atoms with Crippen LogP contribution in [0.5, 0.6) is 0 Å². The molecule has 2 aromatic heterocycles. The van der Waals surface area contributed by atoms with Crippen molar-refractivity contribution in [3.05, 3.63) is 59.2 Å². The maximum atomic E-state index is 13.1. The summed E-state index contributed by atoms with van der Waals surface area (Å²) >= 11 is 0. The van der Waals surface area contributed by atoms with E-state index in [1.54, 1.807) is 12.4 Å². The third kappa shape index (κ3) is 3.52. The Morgan fingerprint density at radius 2 is 1.68 bits per heavy atom. The minimum absolute atomic E-state index is 0.0279. The van der Waals surface area contributed by atoms with E-state index >= 15 is 0 Å². The lowest BCUT2D eigenvalue weighted by molar-refractivity contribution is -0.0507. The van der Waals surface area contributed by atoms with Gasteiger partial charge in [0.15, 0.2) is 5.82 Å². The standard InChI is InChI=1S/C25H26N6O3/c1-16-9-17(2)29-22(28-16)19-11-26-24(27-12-19)31-13-25(14-34-15-25)20-4-3-18(10-21(20)31)23(32)30-5-7-33-8-6-30/h3-4,9-12H,5-8,13-15H2,1-2H3. The summed E-state index contributed by atoms with van der Waals surface area (Å²) in [6.45, 7) is 8.31. The minimum Gasteiger partial charge on any atom is -0.379 e. The maximum absolute atomic E-state index is 13.1. The number of aryl methyl sites for hydroxylation is 2. The van der Waals surface area contributed by atoms with Gasteiger partial charge in [-0.05, 0) is 37.6 Å². The molecule has 1 spiro atoms. The summed E-state index contributed by atoms with van der Waals surface area (Å²) in [6, 6.07) is 7.92. The lowest BCUT2D eigenvalue weighted by Crippen LogP contribution is -2.49. The van der Waals surface area contributed by atoms with Gasteiger partial charge >= 0.3 is 0 Å². The van der Waals surface area contributed by atoms with Gasteiger partial charge < -0.3 is 19.3 Å². The number of carbonyl (C=O) groups is 1. The highest BCUT2D eigenvalue weighted by Crippen LogP contribution is 2.47. The molecular formula is C25H26N6O3. The van der Waals surface area contributed by atoms with Gasteiger partial charge in [0, 0.05) is 54.7 Å². The molecule has 1 aromatic carbocycles. The van der Waals surface area contributed by atoms with Crippen LogP contribution < -0.4 is 4.90 Å². The van der Waals surface area contributed by atoms with Crippen LogP contribution in [0.25, 0.3) is 11.4 Å². The topological polar surface area (TPSA) is 93.6 Å². The van der Waals surface area contributed by atoms with Crippen molar-refractivity contribution in [1.82, 2.24) is 24.8 Å². The van der Waals surface area contributed by atoms with Crippen molar-refractivity contribution in [2.75, 3.05) is 51.0 Å². The Balaban J connectivity index is 1.34. The Morgan fingerprint density at radius 1 is 0.971 bits per heavy atom. The number of rotatable bonds is 3. The lowest BCUT2D eigenvalue weighted by atomic mass is 9.80. The van der Waals surface area contributed by atoms with Gasteiger partial charge in [-0.2, -0.15) is 0 Å². The van der Waals surface area contributed by atoms with Crippen molar-refractivity contribution < 1.29 is 14.3 Å². The number of hydrogen-bond acceptors (Lipinski definition) is 8. The monoisotopic (exact) mass is 458 g/mol. The molecule has 0 bridgehead atoms. The normalized spacial score (nSPS) is 18.6. The SMILES string of the molecule is Cc1cc(C)nc(-c2cnc(N3CC4(COC4)c4ccc(C(=O)N5CCOCC5)cc43)nc2)n1. The molecule has 9 heteroatoms. The predicted octanol–water partition coefficient (Wildman–Crippen LogP) is 2.44. The fraction of sp³-hybridized carbons (Fsp3) is 0.400. The number of aromatic nitrogens is 4. The fourth-order valence-corrected chi connectivity index (χ4v) is 4.96. The second-order valence-electron chi connectivity index (χ2n) is 9.24. The van der Waals surface area contributed by atoms with Crippen molar-refractivity contribution in [2.24, 2.45) is 0 Å². The van der Waals surface area contributed by atoms with Gasteiger partial charge in [0.2, 0.25) is 5.95 Å². The molecule has 0 radical (unpaired) electrons. The number of ether oxygens (including phenoxy) is 2. The first kappa shape index (κ1) is 21.1. The molecule has 1 amide bonds. The molecule has 3 aliphatic heterocycles. The van der Waals surface area contributed by atoms with E-state index < -0.39 is 0 Å². The average Bonchev–Trinajstić information content (AvgIpc) is 3.19. The molecule has 0 unspecified atom stereocenters. The molecule has 0 N–H and O–H groups in total. The smallest absolute Gasteiger partial charge is 0.254 e. The van der Waals surface area contributed by atoms with Crippen LogP contribution in [0, 0.1) is 13.8 Å². The summed E-state index contributed by atoms with van der Waals surface area (Å²) in [5.74, 6) is 1.24. The number of hydrogen-bond donors (Lipinski definition) is 0. The van der Waals surface area contributed by atoms with Crippen molar-refractivity contribution in [1.29, 1.82) is 0 Å².